The van der Waals surface area contributed by atoms with Gasteiger partial charge in [0.1, 0.15) is 12.4 Å². The van der Waals surface area contributed by atoms with Gasteiger partial charge in [-0.25, -0.2) is 4.68 Å². The molecule has 3 aromatic rings. The molecule has 0 bridgehead atoms. The van der Waals surface area contributed by atoms with Crippen LogP contribution in [0.2, 0.25) is 0 Å². The fourth-order valence-electron chi connectivity index (χ4n) is 4.25. The molecule has 0 spiro atoms. The number of thiophene rings is 1. The minimum Gasteiger partial charge on any atom is -0.385 e. The van der Waals surface area contributed by atoms with Crippen molar-refractivity contribution in [3.8, 4) is 5.69 Å². The summed E-state index contributed by atoms with van der Waals surface area (Å²) < 4.78 is 6.94. The molecule has 2 amide bonds. The quantitative estimate of drug-likeness (QED) is 0.424. The van der Waals surface area contributed by atoms with Crippen molar-refractivity contribution in [1.82, 2.24) is 15.1 Å². The number of nitrogens with zero attached hydrogens (tertiary/aromatic N) is 3. The molecule has 2 aromatic heterocycles. The maximum Gasteiger partial charge on any atom is 0.240 e. The predicted molar refractivity (Wildman–Crippen MR) is 147 cm³/mol. The smallest absolute Gasteiger partial charge is 0.240 e. The van der Waals surface area contributed by atoms with Gasteiger partial charge < -0.3 is 10.1 Å². The lowest BCUT2D eigenvalue weighted by molar-refractivity contribution is -0.122. The predicted octanol–water partition coefficient (Wildman–Crippen LogP) is 4.86. The van der Waals surface area contributed by atoms with Crippen LogP contribution in [0, 0.1) is 6.92 Å². The zero-order valence-corrected chi connectivity index (χ0v) is 23.2. The van der Waals surface area contributed by atoms with Crippen molar-refractivity contribution in [3.63, 3.8) is 0 Å². The molecule has 1 N–H and O–H groups in total. The van der Waals surface area contributed by atoms with Gasteiger partial charge in [-0.05, 0) is 36.9 Å². The van der Waals surface area contributed by atoms with Gasteiger partial charge in [-0.1, -0.05) is 44.5 Å². The van der Waals surface area contributed by atoms with Gasteiger partial charge >= 0.3 is 0 Å². The Hall–Kier alpha value is -2.62. The number of amides is 2. The summed E-state index contributed by atoms with van der Waals surface area (Å²) >= 11 is 3.29. The van der Waals surface area contributed by atoms with Gasteiger partial charge in [0.05, 0.1) is 22.4 Å². The SMILES string of the molecule is COCCCNC(=O)CN1C(=O)CSC(c2cccs2)c2c(C(C)(C)C)nn(-c3ccc(C)cc3)c21. The molecule has 4 rings (SSSR count). The minimum atomic E-state index is -0.266. The number of carbonyl (C=O) groups excluding carboxylic acids is 2. The van der Waals surface area contributed by atoms with Gasteiger partial charge in [-0.3, -0.25) is 14.5 Å². The van der Waals surface area contributed by atoms with Gasteiger partial charge in [0.15, 0.2) is 0 Å². The number of aryl methyl sites for hydroxylation is 1. The number of fused-ring (bicyclic) bond motifs is 1. The molecule has 1 aliphatic rings. The summed E-state index contributed by atoms with van der Waals surface area (Å²) in [5, 5.41) is 10.1. The molecule has 1 atom stereocenters. The average molecular weight is 527 g/mol. The monoisotopic (exact) mass is 526 g/mol. The molecule has 1 aliphatic heterocycles. The molecule has 9 heteroatoms. The maximum absolute atomic E-state index is 13.6. The largest absolute Gasteiger partial charge is 0.385 e. The van der Waals surface area contributed by atoms with Crippen LogP contribution >= 0.6 is 23.1 Å². The molecule has 1 aromatic carbocycles. The van der Waals surface area contributed by atoms with E-state index in [1.807, 2.05) is 41.9 Å². The van der Waals surface area contributed by atoms with Gasteiger partial charge in [0.25, 0.3) is 0 Å². The zero-order valence-electron chi connectivity index (χ0n) is 21.5. The van der Waals surface area contributed by atoms with E-state index in [9.17, 15) is 9.59 Å². The van der Waals surface area contributed by atoms with Crippen LogP contribution in [0.4, 0.5) is 5.82 Å². The highest BCUT2D eigenvalue weighted by molar-refractivity contribution is 8.00. The van der Waals surface area contributed by atoms with E-state index in [0.29, 0.717) is 25.4 Å². The Morgan fingerprint density at radius 1 is 1.22 bits per heavy atom. The Kier molecular flexibility index (Phi) is 8.22. The molecule has 192 valence electrons. The van der Waals surface area contributed by atoms with E-state index in [0.717, 1.165) is 22.5 Å². The summed E-state index contributed by atoms with van der Waals surface area (Å²) in [4.78, 5) is 29.3. The first-order valence-electron chi connectivity index (χ1n) is 12.1. The Morgan fingerprint density at radius 3 is 2.61 bits per heavy atom. The first-order valence-corrected chi connectivity index (χ1v) is 14.0. The first kappa shape index (κ1) is 26.4. The van der Waals surface area contributed by atoms with Crippen LogP contribution in [0.25, 0.3) is 5.69 Å². The van der Waals surface area contributed by atoms with Crippen molar-refractivity contribution in [2.45, 2.75) is 44.8 Å². The number of carbonyl (C=O) groups is 2. The first-order chi connectivity index (χ1) is 17.2. The van der Waals surface area contributed by atoms with Crippen LogP contribution < -0.4 is 10.2 Å². The number of anilines is 1. The van der Waals surface area contributed by atoms with Gasteiger partial charge in [0, 0.05) is 36.1 Å². The molecular weight excluding hydrogens is 492 g/mol. The number of methoxy groups -OCH3 is 1. The molecule has 0 aliphatic carbocycles. The van der Waals surface area contributed by atoms with E-state index >= 15 is 0 Å². The number of aromatic nitrogens is 2. The Morgan fingerprint density at radius 2 is 1.97 bits per heavy atom. The summed E-state index contributed by atoms with van der Waals surface area (Å²) in [6.45, 7) is 9.49. The number of rotatable bonds is 8. The molecule has 36 heavy (non-hydrogen) atoms. The highest BCUT2D eigenvalue weighted by Crippen LogP contribution is 2.49. The van der Waals surface area contributed by atoms with E-state index in [4.69, 9.17) is 9.84 Å². The average Bonchev–Trinajstić information content (AvgIpc) is 3.47. The van der Waals surface area contributed by atoms with Gasteiger partial charge in [-0.2, -0.15) is 5.10 Å². The van der Waals surface area contributed by atoms with Gasteiger partial charge in [-0.15, -0.1) is 23.1 Å². The topological polar surface area (TPSA) is 76.5 Å². The van der Waals surface area contributed by atoms with Crippen molar-refractivity contribution in [2.75, 3.05) is 37.5 Å². The fourth-order valence-corrected chi connectivity index (χ4v) is 6.42. The summed E-state index contributed by atoms with van der Waals surface area (Å²) in [5.41, 5.74) is 3.68. The van der Waals surface area contributed by atoms with Crippen LogP contribution in [-0.2, 0) is 19.7 Å². The third-order valence-corrected chi connectivity index (χ3v) is 8.35. The molecule has 1 unspecified atom stereocenters. The van der Waals surface area contributed by atoms with E-state index in [-0.39, 0.29) is 34.8 Å². The van der Waals surface area contributed by atoms with Crippen molar-refractivity contribution < 1.29 is 14.3 Å². The van der Waals surface area contributed by atoms with E-state index in [1.165, 1.54) is 4.88 Å². The lowest BCUT2D eigenvalue weighted by Crippen LogP contribution is -2.42. The molecule has 0 fully saturated rings. The molecule has 0 radical (unpaired) electrons. The summed E-state index contributed by atoms with van der Waals surface area (Å²) in [7, 11) is 1.64. The zero-order chi connectivity index (χ0) is 25.9. The van der Waals surface area contributed by atoms with Crippen LogP contribution in [0.1, 0.15) is 54.1 Å². The van der Waals surface area contributed by atoms with Crippen molar-refractivity contribution in [2.24, 2.45) is 0 Å². The van der Waals surface area contributed by atoms with Crippen molar-refractivity contribution in [3.05, 3.63) is 63.5 Å². The van der Waals surface area contributed by atoms with Crippen LogP contribution in [0.15, 0.2) is 41.8 Å². The van der Waals surface area contributed by atoms with Crippen LogP contribution in [-0.4, -0.2) is 54.2 Å². The lowest BCUT2D eigenvalue weighted by Gasteiger charge is -2.24. The fraction of sp³-hybridized carbons (Fsp3) is 0.444. The lowest BCUT2D eigenvalue weighted by atomic mass is 9.88. The third kappa shape index (κ3) is 5.68. The number of thioether (sulfide) groups is 1. The van der Waals surface area contributed by atoms with Crippen molar-refractivity contribution in [1.29, 1.82) is 0 Å². The number of benzene rings is 1. The second-order valence-electron chi connectivity index (χ2n) is 9.97. The molecule has 3 heterocycles. The number of nitrogens with one attached hydrogen (secondary N) is 1. The standard InChI is InChI=1S/C27H34N4O3S2/c1-18-9-11-19(12-10-18)31-26-23(25(29-31)27(2,3)4)24(20-8-6-15-35-20)36-17-22(33)30(26)16-21(32)28-13-7-14-34-5/h6,8-12,15,24H,7,13-14,16-17H2,1-5H3,(H,28,32). The number of hydrogen-bond donors (Lipinski definition) is 1. The Bertz CT molecular complexity index is 1200. The summed E-state index contributed by atoms with van der Waals surface area (Å²) in [5.74, 6) is 0.676. The van der Waals surface area contributed by atoms with E-state index < -0.39 is 0 Å². The second kappa shape index (κ2) is 11.2. The molecule has 7 nitrogen and oxygen atoms in total. The third-order valence-electron chi connectivity index (χ3n) is 6.03. The normalized spacial score (nSPS) is 16.1. The van der Waals surface area contributed by atoms with Crippen LogP contribution in [0.3, 0.4) is 0 Å². The number of hydrogen-bond acceptors (Lipinski definition) is 6. The van der Waals surface area contributed by atoms with E-state index in [1.54, 1.807) is 35.1 Å². The van der Waals surface area contributed by atoms with Crippen LogP contribution in [0.5, 0.6) is 0 Å². The summed E-state index contributed by atoms with van der Waals surface area (Å²) in [6, 6.07) is 12.3. The second-order valence-corrected chi connectivity index (χ2v) is 12.0. The molecule has 0 saturated heterocycles. The minimum absolute atomic E-state index is 0.0489. The van der Waals surface area contributed by atoms with Gasteiger partial charge in [0.2, 0.25) is 11.8 Å². The molecule has 0 saturated carbocycles. The highest BCUT2D eigenvalue weighted by atomic mass is 32.2. The summed E-state index contributed by atoms with van der Waals surface area (Å²) in [6.07, 6.45) is 0.715. The molecular formula is C27H34N4O3S2. The Labute approximate surface area is 221 Å². The number of ether oxygens (including phenoxy) is 1. The van der Waals surface area contributed by atoms with Crippen molar-refractivity contribution >= 4 is 40.7 Å². The Balaban J connectivity index is 1.87. The van der Waals surface area contributed by atoms with E-state index in [2.05, 4.69) is 37.5 Å². The maximum atomic E-state index is 13.6. The highest BCUT2D eigenvalue weighted by Gasteiger charge is 2.40.